The molecular weight excluding hydrogens is 1120 g/mol. The lowest BCUT2D eigenvalue weighted by molar-refractivity contribution is 0.304. The van der Waals surface area contributed by atoms with Crippen LogP contribution in [0, 0.1) is 0 Å². The summed E-state index contributed by atoms with van der Waals surface area (Å²) >= 11 is 0. The average Bonchev–Trinajstić information content (AvgIpc) is 2.72. The first-order chi connectivity index (χ1) is 44.4. The van der Waals surface area contributed by atoms with Gasteiger partial charge in [0.1, 0.15) is 60.9 Å². The van der Waals surface area contributed by atoms with E-state index in [1.54, 1.807) is 0 Å². The first kappa shape index (κ1) is 61.4. The number of pyridine rings is 6. The highest BCUT2D eigenvalue weighted by molar-refractivity contribution is 5.66. The molecule has 0 saturated carbocycles. The molecule has 4 aromatic carbocycles. The molecule has 0 aliphatic carbocycles. The van der Waals surface area contributed by atoms with Crippen LogP contribution in [-0.2, 0) is 26.4 Å². The molecule has 6 aromatic heterocycles. The summed E-state index contributed by atoms with van der Waals surface area (Å²) in [6.07, 6.45) is 21.3. The van der Waals surface area contributed by atoms with E-state index in [1.165, 1.54) is 51.4 Å². The van der Waals surface area contributed by atoms with Crippen LogP contribution in [0.3, 0.4) is 0 Å². The van der Waals surface area contributed by atoms with Crippen molar-refractivity contribution in [2.45, 2.75) is 117 Å². The molecule has 13 aliphatic rings. The minimum absolute atomic E-state index is 0.323. The molecule has 0 N–H and O–H groups in total. The van der Waals surface area contributed by atoms with E-state index < -0.39 is 0 Å². The van der Waals surface area contributed by atoms with Gasteiger partial charge in [0.2, 0.25) is 0 Å². The lowest BCUT2D eigenvalue weighted by Gasteiger charge is -2.12. The molecule has 13 aliphatic heterocycles. The zero-order chi connectivity index (χ0) is 61.4. The molecule has 10 aromatic rings. The van der Waals surface area contributed by atoms with Crippen molar-refractivity contribution in [1.29, 1.82) is 0 Å². The Kier molecular flexibility index (Phi) is 21.9. The minimum Gasteiger partial charge on any atom is -0.493 e. The smallest absolute Gasteiger partial charge is 0.123 e. The fourth-order valence-corrected chi connectivity index (χ4v) is 9.83. The second-order valence-corrected chi connectivity index (χ2v) is 22.1. The molecule has 20 bridgehead atoms. The summed E-state index contributed by atoms with van der Waals surface area (Å²) in [5.41, 5.74) is 11.9. The number of hydrogen-bond donors (Lipinski definition) is 0. The van der Waals surface area contributed by atoms with Crippen molar-refractivity contribution in [2.75, 3.05) is 13.2 Å². The van der Waals surface area contributed by atoms with Gasteiger partial charge in [-0.1, -0.05) is 102 Å². The predicted molar refractivity (Wildman–Crippen MR) is 351 cm³/mol. The number of azo groups is 2. The third-order valence-corrected chi connectivity index (χ3v) is 15.0. The molecular formula is C74H74N10O6. The Hall–Kier alpha value is -10.2. The minimum atomic E-state index is 0.323. The summed E-state index contributed by atoms with van der Waals surface area (Å²) in [5, 5.41) is 17.9. The van der Waals surface area contributed by atoms with Crippen LogP contribution < -0.4 is 28.4 Å². The maximum absolute atomic E-state index is 6.36. The van der Waals surface area contributed by atoms with E-state index in [2.05, 4.69) is 34.3 Å². The van der Waals surface area contributed by atoms with Crippen LogP contribution in [0.5, 0.6) is 34.5 Å². The van der Waals surface area contributed by atoms with Crippen molar-refractivity contribution in [3.63, 3.8) is 0 Å². The summed E-state index contributed by atoms with van der Waals surface area (Å²) in [5.74, 6) is 4.21. The van der Waals surface area contributed by atoms with Crippen LogP contribution in [0.15, 0.2) is 215 Å². The molecule has 0 spiro atoms. The van der Waals surface area contributed by atoms with Crippen molar-refractivity contribution in [1.82, 2.24) is 29.9 Å². The first-order valence-electron chi connectivity index (χ1n) is 31.3. The summed E-state index contributed by atoms with van der Waals surface area (Å²) in [7, 11) is 0. The lowest BCUT2D eigenvalue weighted by Crippen LogP contribution is -2.01. The van der Waals surface area contributed by atoms with Crippen LogP contribution in [0.4, 0.5) is 22.7 Å². The van der Waals surface area contributed by atoms with Gasteiger partial charge in [0.05, 0.1) is 81.5 Å². The van der Waals surface area contributed by atoms with Crippen LogP contribution in [0.25, 0.3) is 45.6 Å². The van der Waals surface area contributed by atoms with Gasteiger partial charge in [-0.3, -0.25) is 19.9 Å². The Labute approximate surface area is 526 Å². The monoisotopic (exact) mass is 1200 g/mol. The zero-order valence-electron chi connectivity index (χ0n) is 51.1. The van der Waals surface area contributed by atoms with Gasteiger partial charge in [-0.2, -0.15) is 20.5 Å². The number of unbranched alkanes of at least 4 members (excludes halogenated alkanes) is 10. The first-order valence-corrected chi connectivity index (χ1v) is 31.3. The highest BCUT2D eigenvalue weighted by Gasteiger charge is 2.15. The molecule has 16 nitrogen and oxygen atoms in total. The van der Waals surface area contributed by atoms with Crippen molar-refractivity contribution in [3.05, 3.63) is 217 Å². The van der Waals surface area contributed by atoms with E-state index in [4.69, 9.17) is 58.3 Å². The van der Waals surface area contributed by atoms with Crippen molar-refractivity contribution in [3.8, 4) is 80.0 Å². The Morgan fingerprint density at radius 1 is 0.289 bits per heavy atom. The van der Waals surface area contributed by atoms with Gasteiger partial charge in [0.15, 0.2) is 0 Å². The van der Waals surface area contributed by atoms with Crippen LogP contribution >= 0.6 is 0 Å². The third-order valence-electron chi connectivity index (χ3n) is 15.0. The van der Waals surface area contributed by atoms with Gasteiger partial charge in [0, 0.05) is 71.3 Å². The van der Waals surface area contributed by atoms with Crippen LogP contribution in [0.2, 0.25) is 0 Å². The molecule has 0 radical (unpaired) electrons. The van der Waals surface area contributed by atoms with Gasteiger partial charge in [-0.15, -0.1) is 0 Å². The standard InChI is InChI=1S/C74H74N10O6/c1-3-5-7-9-11-13-39-85-65-41-71-67-35-15-53(45-75-67)49-87-61-27-19-57(20-28-61)81-83-59-23-31-63(32-24-59)89-51-55-17-37-69(77-47-55)73-43-66(86-40-14-12-10-8-6-4-2)44-74(80-73)70-38-18-56(48-78-70)52-90-64-33-25-60(26-34-64)84-82-58-21-29-62(30-22-58)88-50-54-16-36-68(76-46-54)72(42-65)79-71/h15-38,41-48H,3-14,39-40,49-52H2,1-2H3. The van der Waals surface area contributed by atoms with Gasteiger partial charge >= 0.3 is 0 Å². The molecule has 90 heavy (non-hydrogen) atoms. The fourth-order valence-electron chi connectivity index (χ4n) is 9.83. The van der Waals surface area contributed by atoms with Gasteiger partial charge in [0.25, 0.3) is 0 Å². The lowest BCUT2D eigenvalue weighted by atomic mass is 10.1. The third kappa shape index (κ3) is 18.4. The average molecular weight is 1200 g/mol. The van der Waals surface area contributed by atoms with E-state index in [0.29, 0.717) is 131 Å². The molecule has 16 heteroatoms. The summed E-state index contributed by atoms with van der Waals surface area (Å²) < 4.78 is 37.4. The van der Waals surface area contributed by atoms with Gasteiger partial charge in [-0.05, 0) is 134 Å². The molecule has 456 valence electrons. The van der Waals surface area contributed by atoms with Crippen molar-refractivity contribution in [2.24, 2.45) is 20.5 Å². The van der Waals surface area contributed by atoms with Gasteiger partial charge in [-0.25, -0.2) is 9.97 Å². The molecule has 23 rings (SSSR count). The Bertz CT molecular complexity index is 3400. The molecule has 0 saturated heterocycles. The number of hydrogen-bond acceptors (Lipinski definition) is 16. The number of benzene rings is 4. The molecule has 19 heterocycles. The summed E-state index contributed by atoms with van der Waals surface area (Å²) in [6, 6.07) is 53.6. The van der Waals surface area contributed by atoms with Crippen LogP contribution in [0.1, 0.15) is 113 Å². The number of nitrogens with zero attached hydrogens (tertiary/aromatic N) is 10. The normalized spacial score (nSPS) is 12.4. The second kappa shape index (κ2) is 32.1. The van der Waals surface area contributed by atoms with Gasteiger partial charge < -0.3 is 28.4 Å². The van der Waals surface area contributed by atoms with Crippen molar-refractivity contribution < 1.29 is 28.4 Å². The van der Waals surface area contributed by atoms with E-state index in [0.717, 1.165) is 59.4 Å². The number of aromatic nitrogens is 6. The van der Waals surface area contributed by atoms with E-state index in [-0.39, 0.29) is 0 Å². The number of rotatable bonds is 16. The molecule has 0 fully saturated rings. The zero-order valence-corrected chi connectivity index (χ0v) is 51.1. The van der Waals surface area contributed by atoms with Crippen molar-refractivity contribution >= 4 is 22.7 Å². The Morgan fingerprint density at radius 2 is 0.544 bits per heavy atom. The Balaban J connectivity index is 0.792. The maximum Gasteiger partial charge on any atom is 0.123 e. The van der Waals surface area contributed by atoms with E-state index in [1.807, 2.05) is 195 Å². The predicted octanol–water partition coefficient (Wildman–Crippen LogP) is 19.7. The highest BCUT2D eigenvalue weighted by atomic mass is 16.5. The maximum atomic E-state index is 6.36. The quantitative estimate of drug-likeness (QED) is 0.0836. The molecule has 0 atom stereocenters. The number of ether oxygens (including phenoxy) is 6. The van der Waals surface area contributed by atoms with E-state index >= 15 is 0 Å². The summed E-state index contributed by atoms with van der Waals surface area (Å²) in [6.45, 7) is 6.98. The van der Waals surface area contributed by atoms with E-state index in [9.17, 15) is 0 Å². The largest absolute Gasteiger partial charge is 0.493 e. The molecule has 0 amide bonds. The highest BCUT2D eigenvalue weighted by Crippen LogP contribution is 2.32. The Morgan fingerprint density at radius 3 is 0.789 bits per heavy atom. The van der Waals surface area contributed by atoms with Crippen LogP contribution in [-0.4, -0.2) is 43.1 Å². The summed E-state index contributed by atoms with van der Waals surface area (Å²) in [4.78, 5) is 29.3. The fraction of sp³-hybridized carbons (Fsp3) is 0.270. The SMILES string of the molecule is CCCCCCCCOc1cc2nc(c1)-c1ccc(cn1)COc1ccc(cc1)N=Nc1ccc(cc1)OCc1ccc(nc1)-c1cc(OCCCCCCCC)cc(n1)-c1ccc(cn1)COc1ccc(cc1)N=Nc1ccc(cc1)OCc1ccc-2nc1. The topological polar surface area (TPSA) is 182 Å². The second-order valence-electron chi connectivity index (χ2n) is 22.1. The molecule has 0 unspecified atom stereocenters.